The molecule has 7 heteroatoms. The van der Waals surface area contributed by atoms with Crippen LogP contribution in [-0.2, 0) is 19.5 Å². The molecule has 0 spiro atoms. The standard InChI is InChI=1S/C23H22IN3O2S/c1-29-18-8-7-15(11-17(18)24)21-25-22(28)20-16-9-10-27(12-14-5-3-2-4-6-14)13-19(16)30-23(20)26-21/h2-8,11,21,26H,9-10,12-13H2,1H3,(H,25,28)/t21-/m1/s1. The summed E-state index contributed by atoms with van der Waals surface area (Å²) >= 11 is 3.99. The van der Waals surface area contributed by atoms with Gasteiger partial charge in [0.2, 0.25) is 0 Å². The molecule has 0 saturated heterocycles. The fourth-order valence-electron chi connectivity index (χ4n) is 4.17. The minimum absolute atomic E-state index is 0.0218. The number of halogens is 1. The lowest BCUT2D eigenvalue weighted by Gasteiger charge is -2.28. The number of rotatable bonds is 4. The van der Waals surface area contributed by atoms with E-state index in [2.05, 4.69) is 74.5 Å². The first-order valence-corrected chi connectivity index (χ1v) is 11.8. The van der Waals surface area contributed by atoms with Gasteiger partial charge in [-0.1, -0.05) is 36.4 Å². The lowest BCUT2D eigenvalue weighted by atomic mass is 10.00. The molecule has 3 heterocycles. The monoisotopic (exact) mass is 531 g/mol. The van der Waals surface area contributed by atoms with Crippen molar-refractivity contribution in [1.29, 1.82) is 0 Å². The largest absolute Gasteiger partial charge is 0.496 e. The average molecular weight is 531 g/mol. The van der Waals surface area contributed by atoms with Crippen molar-refractivity contribution in [3.8, 4) is 5.75 Å². The first-order chi connectivity index (χ1) is 14.6. The summed E-state index contributed by atoms with van der Waals surface area (Å²) < 4.78 is 6.38. The van der Waals surface area contributed by atoms with Gasteiger partial charge in [-0.2, -0.15) is 0 Å². The second-order valence-corrected chi connectivity index (χ2v) is 9.87. The molecular weight excluding hydrogens is 509 g/mol. The molecule has 0 aliphatic carbocycles. The molecule has 2 N–H and O–H groups in total. The van der Waals surface area contributed by atoms with Gasteiger partial charge in [-0.25, -0.2) is 0 Å². The molecule has 0 radical (unpaired) electrons. The van der Waals surface area contributed by atoms with E-state index < -0.39 is 0 Å². The number of methoxy groups -OCH3 is 1. The number of anilines is 1. The van der Waals surface area contributed by atoms with E-state index in [4.69, 9.17) is 4.74 Å². The minimum atomic E-state index is -0.232. The lowest BCUT2D eigenvalue weighted by Crippen LogP contribution is -2.38. The van der Waals surface area contributed by atoms with Crippen LogP contribution in [0, 0.1) is 3.57 Å². The van der Waals surface area contributed by atoms with Crippen molar-refractivity contribution in [2.75, 3.05) is 19.0 Å². The van der Waals surface area contributed by atoms with Gasteiger partial charge in [0, 0.05) is 24.5 Å². The molecule has 1 aromatic heterocycles. The minimum Gasteiger partial charge on any atom is -0.496 e. The smallest absolute Gasteiger partial charge is 0.256 e. The number of carbonyl (C=O) groups is 1. The first-order valence-electron chi connectivity index (χ1n) is 9.94. The summed E-state index contributed by atoms with van der Waals surface area (Å²) in [6.45, 7) is 2.80. The molecule has 0 bridgehead atoms. The number of nitrogens with zero attached hydrogens (tertiary/aromatic N) is 1. The molecule has 0 fully saturated rings. The van der Waals surface area contributed by atoms with Crippen LogP contribution < -0.4 is 15.4 Å². The molecule has 1 amide bonds. The van der Waals surface area contributed by atoms with Crippen molar-refractivity contribution in [3.63, 3.8) is 0 Å². The Balaban J connectivity index is 1.37. The zero-order valence-corrected chi connectivity index (χ0v) is 19.5. The van der Waals surface area contributed by atoms with Gasteiger partial charge < -0.3 is 15.4 Å². The van der Waals surface area contributed by atoms with E-state index in [9.17, 15) is 4.79 Å². The molecule has 2 aliphatic rings. The Morgan fingerprint density at radius 2 is 2.03 bits per heavy atom. The third-order valence-corrected chi connectivity index (χ3v) is 7.66. The highest BCUT2D eigenvalue weighted by Crippen LogP contribution is 2.41. The Bertz CT molecular complexity index is 1100. The summed E-state index contributed by atoms with van der Waals surface area (Å²) in [7, 11) is 1.67. The third kappa shape index (κ3) is 3.70. The number of ether oxygens (including phenoxy) is 1. The number of hydrogen-bond acceptors (Lipinski definition) is 5. The Hall–Kier alpha value is -2.10. The van der Waals surface area contributed by atoms with Gasteiger partial charge in [-0.05, 0) is 57.8 Å². The van der Waals surface area contributed by atoms with Crippen molar-refractivity contribution in [2.24, 2.45) is 0 Å². The summed E-state index contributed by atoms with van der Waals surface area (Å²) in [5, 5.41) is 7.68. The van der Waals surface area contributed by atoms with E-state index >= 15 is 0 Å². The Morgan fingerprint density at radius 3 is 2.80 bits per heavy atom. The summed E-state index contributed by atoms with van der Waals surface area (Å²) in [6, 6.07) is 16.6. The molecule has 2 aliphatic heterocycles. The van der Waals surface area contributed by atoms with Crippen LogP contribution in [-0.4, -0.2) is 24.5 Å². The van der Waals surface area contributed by atoms with Gasteiger partial charge in [0.25, 0.3) is 5.91 Å². The highest BCUT2D eigenvalue weighted by atomic mass is 127. The van der Waals surface area contributed by atoms with E-state index in [1.165, 1.54) is 16.0 Å². The number of hydrogen-bond donors (Lipinski definition) is 2. The van der Waals surface area contributed by atoms with E-state index in [0.717, 1.165) is 51.5 Å². The molecule has 3 aromatic rings. The second-order valence-electron chi connectivity index (χ2n) is 7.60. The first kappa shape index (κ1) is 19.8. The molecule has 1 atom stereocenters. The lowest BCUT2D eigenvalue weighted by molar-refractivity contribution is 0.0934. The van der Waals surface area contributed by atoms with Gasteiger partial charge in [-0.15, -0.1) is 11.3 Å². The van der Waals surface area contributed by atoms with Crippen LogP contribution in [0.1, 0.15) is 38.1 Å². The molecular formula is C23H22IN3O2S. The van der Waals surface area contributed by atoms with Gasteiger partial charge in [-0.3, -0.25) is 9.69 Å². The fraction of sp³-hybridized carbons (Fsp3) is 0.261. The molecule has 0 unspecified atom stereocenters. The second kappa shape index (κ2) is 8.20. The van der Waals surface area contributed by atoms with Crippen LogP contribution in [0.2, 0.25) is 0 Å². The van der Waals surface area contributed by atoms with Crippen molar-refractivity contribution >= 4 is 44.8 Å². The van der Waals surface area contributed by atoms with Gasteiger partial charge in [0.15, 0.2) is 0 Å². The number of carbonyl (C=O) groups excluding carboxylic acids is 1. The molecule has 30 heavy (non-hydrogen) atoms. The quantitative estimate of drug-likeness (QED) is 0.477. The maximum Gasteiger partial charge on any atom is 0.256 e. The topological polar surface area (TPSA) is 53.6 Å². The normalized spacial score (nSPS) is 18.2. The summed E-state index contributed by atoms with van der Waals surface area (Å²) in [4.78, 5) is 16.8. The van der Waals surface area contributed by atoms with E-state index in [1.54, 1.807) is 18.4 Å². The summed E-state index contributed by atoms with van der Waals surface area (Å²) in [5.41, 5.74) is 4.41. The number of benzene rings is 2. The fourth-order valence-corrected chi connectivity index (χ4v) is 6.25. The zero-order chi connectivity index (χ0) is 20.7. The maximum absolute atomic E-state index is 13.0. The molecule has 5 rings (SSSR count). The van der Waals surface area contributed by atoms with Crippen molar-refractivity contribution in [1.82, 2.24) is 10.2 Å². The number of nitrogens with one attached hydrogen (secondary N) is 2. The van der Waals surface area contributed by atoms with Crippen molar-refractivity contribution in [2.45, 2.75) is 25.7 Å². The predicted octanol–water partition coefficient (Wildman–Crippen LogP) is 4.77. The molecule has 5 nitrogen and oxygen atoms in total. The van der Waals surface area contributed by atoms with Gasteiger partial charge >= 0.3 is 0 Å². The van der Waals surface area contributed by atoms with Gasteiger partial charge in [0.05, 0.1) is 16.2 Å². The average Bonchev–Trinajstić information content (AvgIpc) is 3.12. The molecule has 154 valence electrons. The van der Waals surface area contributed by atoms with Crippen molar-refractivity contribution < 1.29 is 9.53 Å². The van der Waals surface area contributed by atoms with E-state index in [-0.39, 0.29) is 12.1 Å². The van der Waals surface area contributed by atoms with Crippen LogP contribution in [0.4, 0.5) is 5.00 Å². The van der Waals surface area contributed by atoms with Gasteiger partial charge in [0.1, 0.15) is 16.9 Å². The van der Waals surface area contributed by atoms with E-state index in [1.807, 2.05) is 12.1 Å². The highest BCUT2D eigenvalue weighted by molar-refractivity contribution is 14.1. The Morgan fingerprint density at radius 1 is 1.20 bits per heavy atom. The SMILES string of the molecule is COc1ccc([C@@H]2NC(=O)c3c(sc4c3CCN(Cc3ccccc3)C4)N2)cc1I. The zero-order valence-electron chi connectivity index (χ0n) is 16.6. The van der Waals surface area contributed by atoms with Crippen LogP contribution >= 0.6 is 33.9 Å². The Kier molecular flexibility index (Phi) is 5.43. The van der Waals surface area contributed by atoms with Crippen LogP contribution in [0.25, 0.3) is 0 Å². The predicted molar refractivity (Wildman–Crippen MR) is 128 cm³/mol. The van der Waals surface area contributed by atoms with Crippen LogP contribution in [0.5, 0.6) is 5.75 Å². The molecule has 0 saturated carbocycles. The third-order valence-electron chi connectivity index (χ3n) is 5.67. The molecule has 2 aromatic carbocycles. The number of fused-ring (bicyclic) bond motifs is 3. The van der Waals surface area contributed by atoms with Crippen molar-refractivity contribution in [3.05, 3.63) is 79.2 Å². The number of amides is 1. The number of thiophene rings is 1. The summed E-state index contributed by atoms with van der Waals surface area (Å²) in [5.74, 6) is 0.862. The summed E-state index contributed by atoms with van der Waals surface area (Å²) in [6.07, 6.45) is 0.679. The highest BCUT2D eigenvalue weighted by Gasteiger charge is 2.33. The maximum atomic E-state index is 13.0. The Labute approximate surface area is 193 Å². The van der Waals surface area contributed by atoms with E-state index in [0.29, 0.717) is 0 Å². The van der Waals surface area contributed by atoms with Crippen LogP contribution in [0.3, 0.4) is 0 Å². The van der Waals surface area contributed by atoms with Crippen LogP contribution in [0.15, 0.2) is 48.5 Å².